The molecule has 0 aliphatic carbocycles. The number of aliphatic hydroxyl groups is 1. The number of rotatable bonds is 2. The Bertz CT molecular complexity index is 364. The number of hydrogen-bond acceptors (Lipinski definition) is 2. The number of H-pyrrole nitrogens is 1. The van der Waals surface area contributed by atoms with Gasteiger partial charge in [0.1, 0.15) is 0 Å². The van der Waals surface area contributed by atoms with Crippen molar-refractivity contribution in [2.24, 2.45) is 0 Å². The van der Waals surface area contributed by atoms with Gasteiger partial charge in [0, 0.05) is 5.56 Å². The van der Waals surface area contributed by atoms with Crippen LogP contribution < -0.4 is 5.56 Å². The van der Waals surface area contributed by atoms with E-state index in [-0.39, 0.29) is 5.56 Å². The monoisotopic (exact) mass is 301 g/mol. The minimum absolute atomic E-state index is 0.268. The Hall–Kier alpha value is -0.500. The molecule has 0 atom stereocenters. The Morgan fingerprint density at radius 1 is 1.62 bits per heavy atom. The van der Waals surface area contributed by atoms with Gasteiger partial charge in [0.2, 0.25) is 0 Å². The fraction of sp³-hybridized carbons (Fsp3) is 0.286. The van der Waals surface area contributed by atoms with E-state index in [4.69, 9.17) is 5.11 Å². The zero-order chi connectivity index (χ0) is 10.0. The fourth-order valence-electron chi connectivity index (χ4n) is 0.933. The second kappa shape index (κ2) is 4.14. The Kier molecular flexibility index (Phi) is 3.37. The SMILES string of the molecule is O=c1[nH]c(I)cc(C(F)F)c1CO. The molecule has 2 N–H and O–H groups in total. The number of nitrogens with one attached hydrogen (secondary N) is 1. The van der Waals surface area contributed by atoms with E-state index in [9.17, 15) is 13.6 Å². The van der Waals surface area contributed by atoms with Crippen molar-refractivity contribution in [2.75, 3.05) is 0 Å². The zero-order valence-corrected chi connectivity index (χ0v) is 8.51. The normalized spacial score (nSPS) is 10.8. The second-order valence-electron chi connectivity index (χ2n) is 2.34. The van der Waals surface area contributed by atoms with Crippen LogP contribution in [-0.2, 0) is 6.61 Å². The molecule has 0 amide bonds. The lowest BCUT2D eigenvalue weighted by atomic mass is 10.1. The summed E-state index contributed by atoms with van der Waals surface area (Å²) >= 11 is 1.73. The van der Waals surface area contributed by atoms with Crippen LogP contribution >= 0.6 is 22.6 Å². The first-order chi connectivity index (χ1) is 6.06. The number of alkyl halides is 2. The van der Waals surface area contributed by atoms with Gasteiger partial charge in [0.25, 0.3) is 12.0 Å². The molecule has 3 nitrogen and oxygen atoms in total. The molecular formula is C7H6F2INO2. The third-order valence-corrected chi connectivity index (χ3v) is 2.11. The van der Waals surface area contributed by atoms with E-state index in [1.54, 1.807) is 22.6 Å². The highest BCUT2D eigenvalue weighted by molar-refractivity contribution is 14.1. The summed E-state index contributed by atoms with van der Waals surface area (Å²) in [4.78, 5) is 13.4. The minimum atomic E-state index is -2.74. The Morgan fingerprint density at radius 3 is 2.69 bits per heavy atom. The van der Waals surface area contributed by atoms with Gasteiger partial charge >= 0.3 is 0 Å². The maximum atomic E-state index is 12.3. The lowest BCUT2D eigenvalue weighted by Gasteiger charge is -2.05. The first-order valence-electron chi connectivity index (χ1n) is 3.37. The molecule has 1 aromatic rings. The molecule has 0 unspecified atom stereocenters. The Labute approximate surface area is 85.9 Å². The summed E-state index contributed by atoms with van der Waals surface area (Å²) in [5.74, 6) is 0. The molecule has 0 aliphatic rings. The molecule has 1 aromatic heterocycles. The van der Waals surface area contributed by atoms with E-state index < -0.39 is 24.2 Å². The highest BCUT2D eigenvalue weighted by Gasteiger charge is 2.15. The summed E-state index contributed by atoms with van der Waals surface area (Å²) in [5, 5.41) is 8.68. The summed E-state index contributed by atoms with van der Waals surface area (Å²) in [6.07, 6.45) is -2.74. The lowest BCUT2D eigenvalue weighted by Crippen LogP contribution is -2.17. The van der Waals surface area contributed by atoms with Crippen LogP contribution in [0.25, 0.3) is 0 Å². The van der Waals surface area contributed by atoms with Crippen LogP contribution in [0.15, 0.2) is 10.9 Å². The summed E-state index contributed by atoms with van der Waals surface area (Å²) in [6.45, 7) is -0.675. The van der Waals surface area contributed by atoms with Crippen molar-refractivity contribution in [2.45, 2.75) is 13.0 Å². The summed E-state index contributed by atoms with van der Waals surface area (Å²) < 4.78 is 24.9. The van der Waals surface area contributed by atoms with Gasteiger partial charge < -0.3 is 10.1 Å². The first-order valence-corrected chi connectivity index (χ1v) is 4.44. The molecule has 0 aromatic carbocycles. The molecule has 0 radical (unpaired) electrons. The predicted molar refractivity (Wildman–Crippen MR) is 50.7 cm³/mol. The van der Waals surface area contributed by atoms with Gasteiger partial charge in [-0.1, -0.05) is 0 Å². The maximum absolute atomic E-state index is 12.3. The number of hydrogen-bond donors (Lipinski definition) is 2. The largest absolute Gasteiger partial charge is 0.391 e. The quantitative estimate of drug-likeness (QED) is 0.641. The second-order valence-corrected chi connectivity index (χ2v) is 3.50. The van der Waals surface area contributed by atoms with Crippen LogP contribution in [0.5, 0.6) is 0 Å². The van der Waals surface area contributed by atoms with Crippen molar-refractivity contribution in [3.63, 3.8) is 0 Å². The molecule has 13 heavy (non-hydrogen) atoms. The van der Waals surface area contributed by atoms with Crippen molar-refractivity contribution >= 4 is 22.6 Å². The highest BCUT2D eigenvalue weighted by atomic mass is 127. The first kappa shape index (κ1) is 10.6. The van der Waals surface area contributed by atoms with Gasteiger partial charge in [-0.25, -0.2) is 8.78 Å². The average molecular weight is 301 g/mol. The molecule has 6 heteroatoms. The summed E-state index contributed by atoms with van der Waals surface area (Å²) in [5.41, 5.74) is -1.34. The van der Waals surface area contributed by atoms with Crippen molar-refractivity contribution in [1.29, 1.82) is 0 Å². The van der Waals surface area contributed by atoms with E-state index in [1.165, 1.54) is 0 Å². The van der Waals surface area contributed by atoms with Crippen molar-refractivity contribution in [3.05, 3.63) is 31.2 Å². The van der Waals surface area contributed by atoms with Crippen LogP contribution in [0.4, 0.5) is 8.78 Å². The number of aliphatic hydroxyl groups excluding tert-OH is 1. The summed E-state index contributed by atoms with van der Waals surface area (Å²) in [6, 6.07) is 1.15. The van der Waals surface area contributed by atoms with E-state index >= 15 is 0 Å². The van der Waals surface area contributed by atoms with Gasteiger partial charge in [0.05, 0.1) is 15.9 Å². The molecule has 0 fully saturated rings. The zero-order valence-electron chi connectivity index (χ0n) is 6.35. The molecular weight excluding hydrogens is 295 g/mol. The highest BCUT2D eigenvalue weighted by Crippen LogP contribution is 2.21. The van der Waals surface area contributed by atoms with Crippen molar-refractivity contribution in [1.82, 2.24) is 4.98 Å². The molecule has 0 saturated carbocycles. The van der Waals surface area contributed by atoms with Gasteiger partial charge in [-0.3, -0.25) is 4.79 Å². The maximum Gasteiger partial charge on any atom is 0.264 e. The summed E-state index contributed by atoms with van der Waals surface area (Å²) in [7, 11) is 0. The molecule has 1 heterocycles. The molecule has 0 bridgehead atoms. The number of aromatic nitrogens is 1. The number of aromatic amines is 1. The van der Waals surface area contributed by atoms with Gasteiger partial charge in [0.15, 0.2) is 0 Å². The Balaban J connectivity index is 3.38. The smallest absolute Gasteiger partial charge is 0.264 e. The fourth-order valence-corrected chi connectivity index (χ4v) is 1.51. The van der Waals surface area contributed by atoms with Crippen LogP contribution in [-0.4, -0.2) is 10.1 Å². The van der Waals surface area contributed by atoms with E-state index in [0.717, 1.165) is 6.07 Å². The van der Waals surface area contributed by atoms with E-state index in [1.807, 2.05) is 0 Å². The predicted octanol–water partition coefficient (Wildman–Crippen LogP) is 1.41. The van der Waals surface area contributed by atoms with Crippen molar-refractivity contribution < 1.29 is 13.9 Å². The van der Waals surface area contributed by atoms with Crippen LogP contribution in [0.1, 0.15) is 17.6 Å². The third kappa shape index (κ3) is 2.25. The van der Waals surface area contributed by atoms with Crippen LogP contribution in [0.3, 0.4) is 0 Å². The minimum Gasteiger partial charge on any atom is -0.391 e. The van der Waals surface area contributed by atoms with E-state index in [0.29, 0.717) is 3.70 Å². The standard InChI is InChI=1S/C7H6F2INO2/c8-6(9)3-1-5(10)11-7(13)4(3)2-12/h1,6,12H,2H2,(H,11,13). The average Bonchev–Trinajstić information content (AvgIpc) is 2.02. The molecule has 1 rings (SSSR count). The van der Waals surface area contributed by atoms with Gasteiger partial charge in [-0.05, 0) is 28.7 Å². The van der Waals surface area contributed by atoms with Crippen molar-refractivity contribution in [3.8, 4) is 0 Å². The Morgan fingerprint density at radius 2 is 2.23 bits per heavy atom. The molecule has 0 spiro atoms. The molecule has 72 valence electrons. The molecule has 0 aliphatic heterocycles. The van der Waals surface area contributed by atoms with Crippen LogP contribution in [0, 0.1) is 3.70 Å². The number of halogens is 3. The van der Waals surface area contributed by atoms with E-state index in [2.05, 4.69) is 4.98 Å². The topological polar surface area (TPSA) is 53.1 Å². The van der Waals surface area contributed by atoms with Gasteiger partial charge in [-0.2, -0.15) is 0 Å². The van der Waals surface area contributed by atoms with Gasteiger partial charge in [-0.15, -0.1) is 0 Å². The number of pyridine rings is 1. The molecule has 0 saturated heterocycles. The third-order valence-electron chi connectivity index (χ3n) is 1.53. The van der Waals surface area contributed by atoms with Crippen LogP contribution in [0.2, 0.25) is 0 Å². The lowest BCUT2D eigenvalue weighted by molar-refractivity contribution is 0.146.